The molecule has 1 atom stereocenters. The monoisotopic (exact) mass is 234 g/mol. The van der Waals surface area contributed by atoms with Crippen LogP contribution >= 0.6 is 0 Å². The highest BCUT2D eigenvalue weighted by Crippen LogP contribution is 2.07. The third-order valence-electron chi connectivity index (χ3n) is 2.92. The maximum absolute atomic E-state index is 10.9. The molecule has 1 unspecified atom stereocenters. The Morgan fingerprint density at radius 2 is 2.53 bits per heavy atom. The van der Waals surface area contributed by atoms with Gasteiger partial charge in [0.15, 0.2) is 0 Å². The largest absolute Gasteiger partial charge is 0.370 e. The van der Waals surface area contributed by atoms with Gasteiger partial charge in [-0.15, -0.1) is 0 Å². The Balaban J connectivity index is 1.87. The molecule has 0 aromatic carbocycles. The van der Waals surface area contributed by atoms with E-state index in [1.807, 2.05) is 12.3 Å². The minimum Gasteiger partial charge on any atom is -0.370 e. The quantitative estimate of drug-likeness (QED) is 0.752. The lowest BCUT2D eigenvalue weighted by molar-refractivity contribution is -0.118. The highest BCUT2D eigenvalue weighted by molar-refractivity contribution is 5.74. The molecule has 1 aliphatic rings. The molecule has 1 fully saturated rings. The van der Waals surface area contributed by atoms with Crippen LogP contribution < -0.4 is 11.1 Å². The van der Waals surface area contributed by atoms with E-state index in [0.717, 1.165) is 26.2 Å². The van der Waals surface area contributed by atoms with E-state index in [1.165, 1.54) is 5.56 Å². The smallest absolute Gasteiger partial charge is 0.219 e. The molecule has 2 heterocycles. The Kier molecular flexibility index (Phi) is 4.06. The molecule has 1 saturated heterocycles. The van der Waals surface area contributed by atoms with Crippen molar-refractivity contribution in [2.45, 2.75) is 19.0 Å². The summed E-state index contributed by atoms with van der Waals surface area (Å²) in [6, 6.07) is 4.19. The molecule has 0 radical (unpaired) electrons. The van der Waals surface area contributed by atoms with Crippen molar-refractivity contribution in [3.05, 3.63) is 30.1 Å². The average Bonchev–Trinajstić information content (AvgIpc) is 2.30. The molecule has 5 heteroatoms. The molecular weight excluding hydrogens is 216 g/mol. The van der Waals surface area contributed by atoms with Crippen molar-refractivity contribution in [2.24, 2.45) is 5.73 Å². The van der Waals surface area contributed by atoms with Gasteiger partial charge in [0.2, 0.25) is 5.91 Å². The first kappa shape index (κ1) is 12.0. The van der Waals surface area contributed by atoms with Gasteiger partial charge >= 0.3 is 0 Å². The van der Waals surface area contributed by atoms with Crippen LogP contribution in [0.4, 0.5) is 0 Å². The Morgan fingerprint density at radius 3 is 3.24 bits per heavy atom. The van der Waals surface area contributed by atoms with Gasteiger partial charge in [0.05, 0.1) is 0 Å². The van der Waals surface area contributed by atoms with E-state index >= 15 is 0 Å². The summed E-state index contributed by atoms with van der Waals surface area (Å²) in [6.07, 6.45) is 4.06. The maximum atomic E-state index is 10.9. The zero-order valence-electron chi connectivity index (χ0n) is 9.80. The second kappa shape index (κ2) is 5.75. The predicted octanol–water partition coefficient (Wildman–Crippen LogP) is -0.269. The van der Waals surface area contributed by atoms with E-state index in [-0.39, 0.29) is 11.9 Å². The SMILES string of the molecule is NC(=O)CC1CN(Cc2cccnc2)CCN1. The van der Waals surface area contributed by atoms with Crippen molar-refractivity contribution in [3.8, 4) is 0 Å². The standard InChI is InChI=1S/C12H18N4O/c13-12(17)6-11-9-16(5-4-15-11)8-10-2-1-3-14-7-10/h1-3,7,11,15H,4-6,8-9H2,(H2,13,17). The second-order valence-corrected chi connectivity index (χ2v) is 4.42. The number of amides is 1. The van der Waals surface area contributed by atoms with E-state index in [1.54, 1.807) is 6.20 Å². The lowest BCUT2D eigenvalue weighted by Gasteiger charge is -2.33. The maximum Gasteiger partial charge on any atom is 0.219 e. The molecule has 5 nitrogen and oxygen atoms in total. The van der Waals surface area contributed by atoms with Crippen LogP contribution in [0, 0.1) is 0 Å². The summed E-state index contributed by atoms with van der Waals surface area (Å²) < 4.78 is 0. The molecule has 3 N–H and O–H groups in total. The van der Waals surface area contributed by atoms with E-state index in [4.69, 9.17) is 5.73 Å². The summed E-state index contributed by atoms with van der Waals surface area (Å²) in [5, 5.41) is 3.31. The van der Waals surface area contributed by atoms with Crippen molar-refractivity contribution in [2.75, 3.05) is 19.6 Å². The first-order valence-corrected chi connectivity index (χ1v) is 5.87. The molecule has 1 aromatic rings. The van der Waals surface area contributed by atoms with Crippen LogP contribution in [0.3, 0.4) is 0 Å². The zero-order chi connectivity index (χ0) is 12.1. The number of piperazine rings is 1. The zero-order valence-corrected chi connectivity index (χ0v) is 9.80. The van der Waals surface area contributed by atoms with Gasteiger partial charge in [0, 0.05) is 51.0 Å². The summed E-state index contributed by atoms with van der Waals surface area (Å²) >= 11 is 0. The summed E-state index contributed by atoms with van der Waals surface area (Å²) in [7, 11) is 0. The molecule has 0 aliphatic carbocycles. The van der Waals surface area contributed by atoms with Crippen molar-refractivity contribution < 1.29 is 4.79 Å². The number of aromatic nitrogens is 1. The number of nitrogens with zero attached hydrogens (tertiary/aromatic N) is 2. The topological polar surface area (TPSA) is 71.2 Å². The Bertz CT molecular complexity index is 368. The number of hydrogen-bond acceptors (Lipinski definition) is 4. The molecule has 2 rings (SSSR count). The first-order valence-electron chi connectivity index (χ1n) is 5.87. The van der Waals surface area contributed by atoms with Gasteiger partial charge in [0.1, 0.15) is 0 Å². The summed E-state index contributed by atoms with van der Waals surface area (Å²) in [4.78, 5) is 17.3. The van der Waals surface area contributed by atoms with E-state index < -0.39 is 0 Å². The number of primary amides is 1. The number of nitrogens with two attached hydrogens (primary N) is 1. The summed E-state index contributed by atoms with van der Waals surface area (Å²) in [5.74, 6) is -0.245. The fourth-order valence-electron chi connectivity index (χ4n) is 2.17. The van der Waals surface area contributed by atoms with Crippen molar-refractivity contribution in [1.82, 2.24) is 15.2 Å². The third kappa shape index (κ3) is 3.80. The van der Waals surface area contributed by atoms with Gasteiger partial charge in [0.25, 0.3) is 0 Å². The molecule has 17 heavy (non-hydrogen) atoms. The minimum atomic E-state index is -0.245. The minimum absolute atomic E-state index is 0.179. The molecule has 1 amide bonds. The Hall–Kier alpha value is -1.46. The Morgan fingerprint density at radius 1 is 1.65 bits per heavy atom. The molecule has 1 aromatic heterocycles. The molecule has 0 saturated carbocycles. The van der Waals surface area contributed by atoms with E-state index in [9.17, 15) is 4.79 Å². The van der Waals surface area contributed by atoms with Gasteiger partial charge in [-0.3, -0.25) is 14.7 Å². The van der Waals surface area contributed by atoms with Gasteiger partial charge in [-0.25, -0.2) is 0 Å². The Labute approximate surface area is 101 Å². The van der Waals surface area contributed by atoms with Crippen LogP contribution in [0.15, 0.2) is 24.5 Å². The van der Waals surface area contributed by atoms with Crippen LogP contribution in [-0.4, -0.2) is 41.5 Å². The third-order valence-corrected chi connectivity index (χ3v) is 2.92. The van der Waals surface area contributed by atoms with Crippen LogP contribution in [0.5, 0.6) is 0 Å². The second-order valence-electron chi connectivity index (χ2n) is 4.42. The average molecular weight is 234 g/mol. The van der Waals surface area contributed by atoms with Crippen LogP contribution in [-0.2, 0) is 11.3 Å². The van der Waals surface area contributed by atoms with Gasteiger partial charge in [-0.2, -0.15) is 0 Å². The van der Waals surface area contributed by atoms with Gasteiger partial charge in [-0.05, 0) is 11.6 Å². The molecule has 0 spiro atoms. The summed E-state index contributed by atoms with van der Waals surface area (Å²) in [6.45, 7) is 3.63. The number of hydrogen-bond donors (Lipinski definition) is 2. The normalized spacial score (nSPS) is 21.3. The van der Waals surface area contributed by atoms with Gasteiger partial charge < -0.3 is 11.1 Å². The molecular formula is C12H18N4O. The van der Waals surface area contributed by atoms with Crippen molar-refractivity contribution in [1.29, 1.82) is 0 Å². The number of carbonyl (C=O) groups excluding carboxylic acids is 1. The number of carbonyl (C=O) groups is 1. The first-order chi connectivity index (χ1) is 8.24. The number of rotatable bonds is 4. The fraction of sp³-hybridized carbons (Fsp3) is 0.500. The number of pyridine rings is 1. The van der Waals surface area contributed by atoms with Crippen LogP contribution in [0.2, 0.25) is 0 Å². The van der Waals surface area contributed by atoms with Crippen molar-refractivity contribution in [3.63, 3.8) is 0 Å². The lowest BCUT2D eigenvalue weighted by Crippen LogP contribution is -2.51. The lowest BCUT2D eigenvalue weighted by atomic mass is 10.1. The molecule has 0 bridgehead atoms. The van der Waals surface area contributed by atoms with E-state index in [2.05, 4.69) is 21.3 Å². The van der Waals surface area contributed by atoms with Crippen LogP contribution in [0.25, 0.3) is 0 Å². The van der Waals surface area contributed by atoms with Gasteiger partial charge in [-0.1, -0.05) is 6.07 Å². The van der Waals surface area contributed by atoms with Crippen molar-refractivity contribution >= 4 is 5.91 Å². The molecule has 92 valence electrons. The van der Waals surface area contributed by atoms with Crippen LogP contribution in [0.1, 0.15) is 12.0 Å². The number of nitrogens with one attached hydrogen (secondary N) is 1. The van der Waals surface area contributed by atoms with E-state index in [0.29, 0.717) is 6.42 Å². The predicted molar refractivity (Wildman–Crippen MR) is 65.1 cm³/mol. The summed E-state index contributed by atoms with van der Waals surface area (Å²) in [5.41, 5.74) is 6.41. The fourth-order valence-corrected chi connectivity index (χ4v) is 2.17. The highest BCUT2D eigenvalue weighted by Gasteiger charge is 2.20. The highest BCUT2D eigenvalue weighted by atomic mass is 16.1. The molecule has 1 aliphatic heterocycles.